The number of oxime groups is 1. The Labute approximate surface area is 123 Å². The number of fused-ring (bicyclic) bond motifs is 1. The van der Waals surface area contributed by atoms with Crippen molar-refractivity contribution in [2.45, 2.75) is 25.9 Å². The van der Waals surface area contributed by atoms with Crippen molar-refractivity contribution in [3.63, 3.8) is 0 Å². The van der Waals surface area contributed by atoms with Crippen molar-refractivity contribution in [2.24, 2.45) is 5.16 Å². The Kier molecular flexibility index (Phi) is 3.77. The molecule has 1 aliphatic carbocycles. The number of ether oxygens (including phenoxy) is 1. The highest BCUT2D eigenvalue weighted by Gasteiger charge is 2.19. The van der Waals surface area contributed by atoms with E-state index in [1.54, 1.807) is 18.2 Å². The maximum absolute atomic E-state index is 9.47. The molecule has 1 aliphatic rings. The number of hydrogen-bond acceptors (Lipinski definition) is 4. The van der Waals surface area contributed by atoms with Crippen molar-refractivity contribution < 1.29 is 15.1 Å². The molecule has 3 rings (SSSR count). The normalized spacial score (nSPS) is 15.7. The summed E-state index contributed by atoms with van der Waals surface area (Å²) in [4.78, 5) is 0. The molecule has 0 atom stereocenters. The van der Waals surface area contributed by atoms with Crippen LogP contribution in [0.4, 0.5) is 0 Å². The third kappa shape index (κ3) is 2.84. The second-order valence-electron chi connectivity index (χ2n) is 5.14. The van der Waals surface area contributed by atoms with Crippen LogP contribution in [-0.4, -0.2) is 16.0 Å². The molecular formula is C17H17NO3. The van der Waals surface area contributed by atoms with Crippen LogP contribution in [0.25, 0.3) is 0 Å². The van der Waals surface area contributed by atoms with Crippen LogP contribution < -0.4 is 4.74 Å². The number of phenols is 1. The molecule has 0 saturated carbocycles. The maximum atomic E-state index is 9.47. The molecule has 0 unspecified atom stereocenters. The first-order chi connectivity index (χ1) is 10.3. The molecule has 4 heteroatoms. The van der Waals surface area contributed by atoms with Gasteiger partial charge in [0, 0.05) is 11.1 Å². The number of rotatable bonds is 3. The van der Waals surface area contributed by atoms with Crippen molar-refractivity contribution in [2.75, 3.05) is 0 Å². The van der Waals surface area contributed by atoms with Gasteiger partial charge in [0.15, 0.2) is 0 Å². The second-order valence-corrected chi connectivity index (χ2v) is 5.14. The lowest BCUT2D eigenvalue weighted by atomic mass is 9.89. The standard InChI is InChI=1S/C17H17NO3/c19-13-5-1-4-12(10-13)11-21-17-9-3-6-14-15(17)7-2-8-16(14)18-20/h1,3-6,9-10,19-20H,2,7-8,11H2/b18-16-. The Morgan fingerprint density at radius 2 is 1.95 bits per heavy atom. The molecule has 0 saturated heterocycles. The minimum Gasteiger partial charge on any atom is -0.508 e. The molecular weight excluding hydrogens is 266 g/mol. The van der Waals surface area contributed by atoms with Crippen molar-refractivity contribution in [3.8, 4) is 11.5 Å². The molecule has 2 aromatic carbocycles. The van der Waals surface area contributed by atoms with Gasteiger partial charge in [0.2, 0.25) is 0 Å². The van der Waals surface area contributed by atoms with Crippen LogP contribution in [0.1, 0.15) is 29.5 Å². The zero-order valence-corrected chi connectivity index (χ0v) is 11.6. The first-order valence-corrected chi connectivity index (χ1v) is 7.02. The smallest absolute Gasteiger partial charge is 0.123 e. The average Bonchev–Trinajstić information content (AvgIpc) is 2.52. The Balaban J connectivity index is 1.83. The van der Waals surface area contributed by atoms with Gasteiger partial charge < -0.3 is 15.1 Å². The Bertz CT molecular complexity index is 679. The maximum Gasteiger partial charge on any atom is 0.123 e. The Morgan fingerprint density at radius 3 is 2.76 bits per heavy atom. The van der Waals surface area contributed by atoms with Crippen LogP contribution in [-0.2, 0) is 13.0 Å². The monoisotopic (exact) mass is 283 g/mol. The van der Waals surface area contributed by atoms with Crippen LogP contribution in [0, 0.1) is 0 Å². The summed E-state index contributed by atoms with van der Waals surface area (Å²) in [5.41, 5.74) is 3.70. The van der Waals surface area contributed by atoms with Crippen LogP contribution in [0.3, 0.4) is 0 Å². The van der Waals surface area contributed by atoms with Gasteiger partial charge in [-0.1, -0.05) is 29.4 Å². The topological polar surface area (TPSA) is 62.1 Å². The van der Waals surface area contributed by atoms with E-state index in [0.717, 1.165) is 47.4 Å². The Hall–Kier alpha value is -2.49. The first-order valence-electron chi connectivity index (χ1n) is 7.02. The Morgan fingerprint density at radius 1 is 1.10 bits per heavy atom. The highest BCUT2D eigenvalue weighted by molar-refractivity contribution is 6.02. The van der Waals surface area contributed by atoms with Crippen molar-refractivity contribution >= 4 is 5.71 Å². The molecule has 0 amide bonds. The van der Waals surface area contributed by atoms with Crippen molar-refractivity contribution in [1.82, 2.24) is 0 Å². The van der Waals surface area contributed by atoms with Gasteiger partial charge in [-0.15, -0.1) is 0 Å². The van der Waals surface area contributed by atoms with E-state index in [1.165, 1.54) is 0 Å². The molecule has 0 radical (unpaired) electrons. The summed E-state index contributed by atoms with van der Waals surface area (Å²) < 4.78 is 5.89. The van der Waals surface area contributed by atoms with E-state index in [9.17, 15) is 5.11 Å². The SMILES string of the molecule is O/N=C1/CCCc2c(OCc3cccc(O)c3)cccc21. The molecule has 4 nitrogen and oxygen atoms in total. The van der Waals surface area contributed by atoms with Gasteiger partial charge in [-0.2, -0.15) is 0 Å². The molecule has 2 aromatic rings. The second kappa shape index (κ2) is 5.87. The lowest BCUT2D eigenvalue weighted by molar-refractivity contribution is 0.301. The first kappa shape index (κ1) is 13.5. The zero-order chi connectivity index (χ0) is 14.7. The molecule has 0 fully saturated rings. The minimum atomic E-state index is 0.237. The van der Waals surface area contributed by atoms with E-state index in [-0.39, 0.29) is 5.75 Å². The summed E-state index contributed by atoms with van der Waals surface area (Å²) in [5, 5.41) is 21.9. The van der Waals surface area contributed by atoms with Gasteiger partial charge in [-0.3, -0.25) is 0 Å². The highest BCUT2D eigenvalue weighted by atomic mass is 16.5. The largest absolute Gasteiger partial charge is 0.508 e. The van der Waals surface area contributed by atoms with Gasteiger partial charge >= 0.3 is 0 Å². The number of benzene rings is 2. The van der Waals surface area contributed by atoms with Crippen molar-refractivity contribution in [1.29, 1.82) is 0 Å². The molecule has 108 valence electrons. The van der Waals surface area contributed by atoms with E-state index in [0.29, 0.717) is 6.61 Å². The molecule has 0 spiro atoms. The van der Waals surface area contributed by atoms with E-state index in [1.807, 2.05) is 24.3 Å². The van der Waals surface area contributed by atoms with Crippen LogP contribution in [0.5, 0.6) is 11.5 Å². The lowest BCUT2D eigenvalue weighted by Crippen LogP contribution is -2.13. The van der Waals surface area contributed by atoms with Gasteiger partial charge in [-0.25, -0.2) is 0 Å². The number of nitrogens with zero attached hydrogens (tertiary/aromatic N) is 1. The fourth-order valence-electron chi connectivity index (χ4n) is 2.71. The van der Waals surface area contributed by atoms with Crippen LogP contribution >= 0.6 is 0 Å². The molecule has 0 aromatic heterocycles. The summed E-state index contributed by atoms with van der Waals surface area (Å²) in [5.74, 6) is 1.05. The van der Waals surface area contributed by atoms with Crippen LogP contribution in [0.15, 0.2) is 47.6 Å². The van der Waals surface area contributed by atoms with Gasteiger partial charge in [0.05, 0.1) is 5.71 Å². The third-order valence-electron chi connectivity index (χ3n) is 3.71. The van der Waals surface area contributed by atoms with Gasteiger partial charge in [-0.05, 0) is 43.0 Å². The molecule has 0 aliphatic heterocycles. The highest BCUT2D eigenvalue weighted by Crippen LogP contribution is 2.30. The summed E-state index contributed by atoms with van der Waals surface area (Å²) in [7, 11) is 0. The minimum absolute atomic E-state index is 0.237. The number of aromatic hydroxyl groups is 1. The van der Waals surface area contributed by atoms with E-state index >= 15 is 0 Å². The predicted molar refractivity (Wildman–Crippen MR) is 80.1 cm³/mol. The fraction of sp³-hybridized carbons (Fsp3) is 0.235. The quantitative estimate of drug-likeness (QED) is 0.669. The molecule has 2 N–H and O–H groups in total. The van der Waals surface area contributed by atoms with Gasteiger partial charge in [0.1, 0.15) is 18.1 Å². The number of hydrogen-bond donors (Lipinski definition) is 2. The fourth-order valence-corrected chi connectivity index (χ4v) is 2.71. The summed E-state index contributed by atoms with van der Waals surface area (Å²) in [6, 6.07) is 12.8. The average molecular weight is 283 g/mol. The van der Waals surface area contributed by atoms with E-state index < -0.39 is 0 Å². The molecule has 21 heavy (non-hydrogen) atoms. The molecule has 0 heterocycles. The summed E-state index contributed by atoms with van der Waals surface area (Å²) in [6.07, 6.45) is 2.67. The summed E-state index contributed by atoms with van der Waals surface area (Å²) in [6.45, 7) is 0.399. The predicted octanol–water partition coefficient (Wildman–Crippen LogP) is 3.49. The summed E-state index contributed by atoms with van der Waals surface area (Å²) >= 11 is 0. The lowest BCUT2D eigenvalue weighted by Gasteiger charge is -2.20. The van der Waals surface area contributed by atoms with E-state index in [4.69, 9.17) is 9.94 Å². The zero-order valence-electron chi connectivity index (χ0n) is 11.6. The molecule has 0 bridgehead atoms. The third-order valence-corrected chi connectivity index (χ3v) is 3.71. The van der Waals surface area contributed by atoms with Crippen molar-refractivity contribution in [3.05, 3.63) is 59.2 Å². The van der Waals surface area contributed by atoms with Crippen LogP contribution in [0.2, 0.25) is 0 Å². The van der Waals surface area contributed by atoms with Gasteiger partial charge in [0.25, 0.3) is 0 Å². The number of phenolic OH excluding ortho intramolecular Hbond substituents is 1. The van der Waals surface area contributed by atoms with E-state index in [2.05, 4.69) is 5.16 Å².